The summed E-state index contributed by atoms with van der Waals surface area (Å²) < 4.78 is 2.50. The van der Waals surface area contributed by atoms with Gasteiger partial charge in [0.2, 0.25) is 0 Å². The number of rotatable bonds is 2. The molecule has 4 aromatic rings. The maximum Gasteiger partial charge on any atom is 0.341 e. The van der Waals surface area contributed by atoms with Crippen molar-refractivity contribution in [2.24, 2.45) is 0 Å². The fourth-order valence-corrected chi connectivity index (χ4v) is 3.98. The molecule has 0 amide bonds. The van der Waals surface area contributed by atoms with E-state index in [1.54, 1.807) is 36.4 Å². The minimum atomic E-state index is -0.589. The largest absolute Gasteiger partial charge is 0.344 e. The van der Waals surface area contributed by atoms with E-state index in [0.29, 0.717) is 23.4 Å². The van der Waals surface area contributed by atoms with E-state index in [2.05, 4.69) is 4.98 Å². The Hall–Kier alpha value is -3.67. The molecule has 1 aliphatic rings. The van der Waals surface area contributed by atoms with Crippen LogP contribution in [0.1, 0.15) is 17.7 Å². The van der Waals surface area contributed by atoms with Gasteiger partial charge in [-0.2, -0.15) is 0 Å². The second-order valence-electron chi connectivity index (χ2n) is 6.92. The van der Waals surface area contributed by atoms with Gasteiger partial charge in [-0.15, -0.1) is 0 Å². The topological polar surface area (TPSA) is 76.9 Å². The molecule has 0 saturated heterocycles. The molecule has 2 heterocycles. The van der Waals surface area contributed by atoms with E-state index >= 15 is 0 Å². The zero-order chi connectivity index (χ0) is 19.3. The number of aromatic nitrogens is 3. The van der Waals surface area contributed by atoms with Crippen LogP contribution in [0, 0.1) is 0 Å². The van der Waals surface area contributed by atoms with Crippen LogP contribution < -0.4 is 16.7 Å². The van der Waals surface area contributed by atoms with Crippen molar-refractivity contribution in [1.82, 2.24) is 14.1 Å². The van der Waals surface area contributed by atoms with Crippen LogP contribution in [0.15, 0.2) is 75.0 Å². The minimum absolute atomic E-state index is 0.0213. The molecule has 0 fully saturated rings. The van der Waals surface area contributed by atoms with Crippen LogP contribution in [0.5, 0.6) is 0 Å². The van der Waals surface area contributed by atoms with Crippen LogP contribution in [-0.2, 0) is 12.8 Å². The van der Waals surface area contributed by atoms with Crippen molar-refractivity contribution in [1.29, 1.82) is 0 Å². The van der Waals surface area contributed by atoms with Crippen molar-refractivity contribution in [2.45, 2.75) is 19.3 Å². The van der Waals surface area contributed by atoms with Crippen LogP contribution >= 0.6 is 0 Å². The third-order valence-electron chi connectivity index (χ3n) is 5.28. The normalized spacial score (nSPS) is 13.0. The van der Waals surface area contributed by atoms with E-state index < -0.39 is 11.2 Å². The average molecular weight is 371 g/mol. The standard InChI is InChI=1S/C22H17N3O3/c26-19-16-12-7-13-17(16)23-20-18(19)21(27)25(15-10-5-2-6-11-15)22(28)24(20)14-8-3-1-4-9-14/h1-6,8-11H,7,12-13H2,(H,23,26). The predicted molar refractivity (Wildman–Crippen MR) is 108 cm³/mol. The SMILES string of the molecule is O=c1c2c([nH]c3c1c(=O)n(-c1ccccc1)c(=O)n3-c1ccccc1)CCC2. The van der Waals surface area contributed by atoms with Crippen molar-refractivity contribution < 1.29 is 0 Å². The molecule has 0 radical (unpaired) electrons. The molecule has 0 unspecified atom stereocenters. The molecule has 1 aliphatic carbocycles. The van der Waals surface area contributed by atoms with Gasteiger partial charge in [0.1, 0.15) is 11.0 Å². The van der Waals surface area contributed by atoms with Gasteiger partial charge in [0.25, 0.3) is 5.56 Å². The number of H-pyrrole nitrogens is 1. The summed E-state index contributed by atoms with van der Waals surface area (Å²) in [6.07, 6.45) is 2.25. The third kappa shape index (κ3) is 2.31. The number of pyridine rings is 1. The summed E-state index contributed by atoms with van der Waals surface area (Å²) in [5.74, 6) is 0. The van der Waals surface area contributed by atoms with E-state index in [4.69, 9.17) is 0 Å². The Morgan fingerprint density at radius 3 is 2.00 bits per heavy atom. The Kier molecular flexibility index (Phi) is 3.65. The number of hydrogen-bond donors (Lipinski definition) is 1. The number of para-hydroxylation sites is 2. The Balaban J connectivity index is 2.03. The number of aromatic amines is 1. The molecule has 6 heteroatoms. The van der Waals surface area contributed by atoms with Crippen LogP contribution in [0.4, 0.5) is 0 Å². The molecule has 0 aliphatic heterocycles. The van der Waals surface area contributed by atoms with Gasteiger partial charge in [0.05, 0.1) is 11.4 Å². The molecule has 2 aromatic heterocycles. The summed E-state index contributed by atoms with van der Waals surface area (Å²) in [7, 11) is 0. The fraction of sp³-hybridized carbons (Fsp3) is 0.136. The van der Waals surface area contributed by atoms with Crippen LogP contribution in [0.2, 0.25) is 0 Å². The first-order valence-corrected chi connectivity index (χ1v) is 9.23. The third-order valence-corrected chi connectivity index (χ3v) is 5.28. The Morgan fingerprint density at radius 1 is 0.750 bits per heavy atom. The van der Waals surface area contributed by atoms with Gasteiger partial charge < -0.3 is 4.98 Å². The zero-order valence-electron chi connectivity index (χ0n) is 15.0. The number of benzene rings is 2. The van der Waals surface area contributed by atoms with Crippen molar-refractivity contribution >= 4 is 11.0 Å². The number of fused-ring (bicyclic) bond motifs is 2. The predicted octanol–water partition coefficient (Wildman–Crippen LogP) is 2.32. The van der Waals surface area contributed by atoms with E-state index in [9.17, 15) is 14.4 Å². The first-order valence-electron chi connectivity index (χ1n) is 9.23. The molecule has 2 aromatic carbocycles. The van der Waals surface area contributed by atoms with E-state index in [1.807, 2.05) is 24.3 Å². The molecule has 28 heavy (non-hydrogen) atoms. The molecular weight excluding hydrogens is 354 g/mol. The highest BCUT2D eigenvalue weighted by Crippen LogP contribution is 2.20. The summed E-state index contributed by atoms with van der Waals surface area (Å²) in [6, 6.07) is 17.7. The van der Waals surface area contributed by atoms with Crippen molar-refractivity contribution in [3.63, 3.8) is 0 Å². The maximum absolute atomic E-state index is 13.4. The van der Waals surface area contributed by atoms with E-state index in [0.717, 1.165) is 23.1 Å². The van der Waals surface area contributed by atoms with Crippen LogP contribution in [0.3, 0.4) is 0 Å². The molecule has 5 rings (SSSR count). The molecule has 6 nitrogen and oxygen atoms in total. The van der Waals surface area contributed by atoms with Gasteiger partial charge in [-0.1, -0.05) is 36.4 Å². The van der Waals surface area contributed by atoms with E-state index in [-0.39, 0.29) is 16.5 Å². The lowest BCUT2D eigenvalue weighted by Gasteiger charge is -2.15. The minimum Gasteiger partial charge on any atom is -0.344 e. The monoisotopic (exact) mass is 371 g/mol. The zero-order valence-corrected chi connectivity index (χ0v) is 15.0. The smallest absolute Gasteiger partial charge is 0.341 e. The van der Waals surface area contributed by atoms with Gasteiger partial charge >= 0.3 is 5.69 Å². The highest BCUT2D eigenvalue weighted by atomic mass is 16.2. The molecule has 0 saturated carbocycles. The van der Waals surface area contributed by atoms with Gasteiger partial charge in [-0.3, -0.25) is 9.59 Å². The van der Waals surface area contributed by atoms with E-state index in [1.165, 1.54) is 4.57 Å². The number of nitrogens with zero attached hydrogens (tertiary/aromatic N) is 2. The number of hydrogen-bond acceptors (Lipinski definition) is 3. The quantitative estimate of drug-likeness (QED) is 0.587. The Labute approximate surface area is 159 Å². The van der Waals surface area contributed by atoms with Crippen LogP contribution in [0.25, 0.3) is 22.4 Å². The molecule has 0 atom stereocenters. The van der Waals surface area contributed by atoms with Crippen molar-refractivity contribution in [3.05, 3.63) is 103 Å². The summed E-state index contributed by atoms with van der Waals surface area (Å²) in [6.45, 7) is 0. The molecule has 0 spiro atoms. The lowest BCUT2D eigenvalue weighted by molar-refractivity contribution is 0.821. The first-order chi connectivity index (χ1) is 13.7. The van der Waals surface area contributed by atoms with Gasteiger partial charge in [0, 0.05) is 11.3 Å². The lowest BCUT2D eigenvalue weighted by Crippen LogP contribution is -2.41. The molecular formula is C22H17N3O3. The molecule has 138 valence electrons. The molecule has 0 bridgehead atoms. The lowest BCUT2D eigenvalue weighted by atomic mass is 10.1. The van der Waals surface area contributed by atoms with Gasteiger partial charge in [-0.25, -0.2) is 13.9 Å². The summed E-state index contributed by atoms with van der Waals surface area (Å²) >= 11 is 0. The number of nitrogens with one attached hydrogen (secondary N) is 1. The Morgan fingerprint density at radius 2 is 1.36 bits per heavy atom. The second-order valence-corrected chi connectivity index (χ2v) is 6.92. The molecule has 1 N–H and O–H groups in total. The van der Waals surface area contributed by atoms with Crippen LogP contribution in [-0.4, -0.2) is 14.1 Å². The fourth-order valence-electron chi connectivity index (χ4n) is 3.98. The maximum atomic E-state index is 13.4. The van der Waals surface area contributed by atoms with Gasteiger partial charge in [-0.05, 0) is 43.5 Å². The highest BCUT2D eigenvalue weighted by molar-refractivity contribution is 5.77. The summed E-state index contributed by atoms with van der Waals surface area (Å²) in [5.41, 5.74) is 1.39. The van der Waals surface area contributed by atoms with Gasteiger partial charge in [0.15, 0.2) is 5.43 Å². The van der Waals surface area contributed by atoms with Crippen molar-refractivity contribution in [3.8, 4) is 11.4 Å². The average Bonchev–Trinajstić information content (AvgIpc) is 3.19. The Bertz CT molecular complexity index is 1380. The summed E-state index contributed by atoms with van der Waals surface area (Å²) in [4.78, 5) is 43.1. The first kappa shape index (κ1) is 16.5. The van der Waals surface area contributed by atoms with Crippen molar-refractivity contribution in [2.75, 3.05) is 0 Å². The number of aryl methyl sites for hydroxylation is 1. The second kappa shape index (κ2) is 6.20. The summed E-state index contributed by atoms with van der Waals surface area (Å²) in [5, 5.41) is 0.0213. The highest BCUT2D eigenvalue weighted by Gasteiger charge is 2.24.